The Bertz CT molecular complexity index is 824. The van der Waals surface area contributed by atoms with Crippen molar-refractivity contribution in [1.82, 2.24) is 4.98 Å². The Morgan fingerprint density at radius 1 is 1.16 bits per heavy atom. The summed E-state index contributed by atoms with van der Waals surface area (Å²) in [4.78, 5) is 16.4. The highest BCUT2D eigenvalue weighted by Gasteiger charge is 2.08. The number of aryl methyl sites for hydroxylation is 1. The molecule has 2 aromatic carbocycles. The second-order valence-electron chi connectivity index (χ2n) is 4.34. The van der Waals surface area contributed by atoms with Crippen molar-refractivity contribution in [2.24, 2.45) is 0 Å². The minimum absolute atomic E-state index is 0.347. The fourth-order valence-corrected chi connectivity index (χ4v) is 2.44. The van der Waals surface area contributed by atoms with Gasteiger partial charge in [0.1, 0.15) is 0 Å². The first-order valence-electron chi connectivity index (χ1n) is 5.81. The summed E-state index contributed by atoms with van der Waals surface area (Å²) in [7, 11) is 0. The number of hydrogen-bond donors (Lipinski definition) is 0. The Labute approximate surface area is 123 Å². The molecule has 1 aromatic heterocycles. The van der Waals surface area contributed by atoms with Gasteiger partial charge in [0.05, 0.1) is 10.9 Å². The molecule has 0 atom stereocenters. The van der Waals surface area contributed by atoms with Crippen molar-refractivity contribution in [3.05, 3.63) is 62.0 Å². The van der Waals surface area contributed by atoms with Crippen LogP contribution in [0.1, 0.15) is 5.56 Å². The summed E-state index contributed by atoms with van der Waals surface area (Å²) >= 11 is 2.16. The van der Waals surface area contributed by atoms with Crippen molar-refractivity contribution >= 4 is 33.5 Å². The van der Waals surface area contributed by atoms with E-state index in [1.165, 1.54) is 0 Å². The fraction of sp³-hybridized carbons (Fsp3) is 0.0667. The first-order valence-corrected chi connectivity index (χ1v) is 6.89. The molecule has 1 heterocycles. The number of fused-ring (bicyclic) bond motifs is 1. The Morgan fingerprint density at radius 3 is 2.79 bits per heavy atom. The molecule has 0 saturated heterocycles. The van der Waals surface area contributed by atoms with Crippen molar-refractivity contribution < 1.29 is 4.42 Å². The number of rotatable bonds is 1. The molecule has 0 unspecified atom stereocenters. The van der Waals surface area contributed by atoms with E-state index in [0.717, 1.165) is 14.7 Å². The monoisotopic (exact) mass is 363 g/mol. The van der Waals surface area contributed by atoms with Crippen LogP contribution in [0.25, 0.3) is 22.4 Å². The highest BCUT2D eigenvalue weighted by atomic mass is 127. The number of nitrogens with zero attached hydrogens (tertiary/aromatic N) is 1. The maximum Gasteiger partial charge on any atom is 0.347 e. The first kappa shape index (κ1) is 12.3. The summed E-state index contributed by atoms with van der Waals surface area (Å²) in [6, 6.07) is 13.3. The van der Waals surface area contributed by atoms with Crippen LogP contribution in [-0.2, 0) is 0 Å². The second-order valence-corrected chi connectivity index (χ2v) is 5.58. The predicted octanol–water partition coefficient (Wildman–Crippen LogP) is 3.77. The third kappa shape index (κ3) is 2.40. The molecule has 3 nitrogen and oxygen atoms in total. The summed E-state index contributed by atoms with van der Waals surface area (Å²) in [6.07, 6.45) is 0. The first-order chi connectivity index (χ1) is 9.13. The second kappa shape index (κ2) is 4.77. The molecule has 0 spiro atoms. The van der Waals surface area contributed by atoms with E-state index in [2.05, 4.69) is 27.6 Å². The van der Waals surface area contributed by atoms with Gasteiger partial charge in [-0.05, 0) is 59.8 Å². The highest BCUT2D eigenvalue weighted by Crippen LogP contribution is 2.20. The van der Waals surface area contributed by atoms with E-state index in [9.17, 15) is 4.79 Å². The summed E-state index contributed by atoms with van der Waals surface area (Å²) in [5.41, 5.74) is 2.23. The SMILES string of the molecule is Cc1cccc(-c2nc3ccc(I)cc3c(=O)o2)c1. The third-order valence-corrected chi connectivity index (χ3v) is 3.53. The van der Waals surface area contributed by atoms with Crippen LogP contribution in [0, 0.1) is 10.5 Å². The van der Waals surface area contributed by atoms with E-state index in [1.807, 2.05) is 43.3 Å². The molecule has 3 rings (SSSR count). The summed E-state index contributed by atoms with van der Waals surface area (Å²) < 4.78 is 6.31. The molecule has 0 saturated carbocycles. The van der Waals surface area contributed by atoms with E-state index >= 15 is 0 Å². The van der Waals surface area contributed by atoms with Crippen molar-refractivity contribution in [3.63, 3.8) is 0 Å². The Balaban J connectivity index is 2.27. The molecule has 19 heavy (non-hydrogen) atoms. The maximum absolute atomic E-state index is 12.0. The lowest BCUT2D eigenvalue weighted by Gasteiger charge is -2.02. The maximum atomic E-state index is 12.0. The van der Waals surface area contributed by atoms with Gasteiger partial charge in [-0.1, -0.05) is 17.7 Å². The summed E-state index contributed by atoms with van der Waals surface area (Å²) in [5, 5.41) is 0.517. The van der Waals surface area contributed by atoms with E-state index in [1.54, 1.807) is 6.07 Å². The molecule has 0 aliphatic heterocycles. The topological polar surface area (TPSA) is 43.1 Å². The van der Waals surface area contributed by atoms with Gasteiger partial charge >= 0.3 is 5.63 Å². The van der Waals surface area contributed by atoms with Gasteiger partial charge in [-0.15, -0.1) is 0 Å². The quantitative estimate of drug-likeness (QED) is 0.619. The molecule has 0 aliphatic carbocycles. The fourth-order valence-electron chi connectivity index (χ4n) is 1.95. The zero-order valence-electron chi connectivity index (χ0n) is 10.2. The van der Waals surface area contributed by atoms with Crippen molar-refractivity contribution in [1.29, 1.82) is 0 Å². The lowest BCUT2D eigenvalue weighted by atomic mass is 10.1. The van der Waals surface area contributed by atoms with E-state index in [4.69, 9.17) is 4.42 Å². The number of benzene rings is 2. The van der Waals surface area contributed by atoms with E-state index < -0.39 is 0 Å². The van der Waals surface area contributed by atoms with Crippen LogP contribution in [0.2, 0.25) is 0 Å². The Morgan fingerprint density at radius 2 is 2.00 bits per heavy atom. The van der Waals surface area contributed by atoms with Gasteiger partial charge in [-0.25, -0.2) is 9.78 Å². The molecule has 0 aliphatic rings. The minimum Gasteiger partial charge on any atom is -0.403 e. The number of aromatic nitrogens is 1. The van der Waals surface area contributed by atoms with Crippen molar-refractivity contribution in [3.8, 4) is 11.5 Å². The molecule has 94 valence electrons. The molecule has 0 amide bonds. The van der Waals surface area contributed by atoms with E-state index in [0.29, 0.717) is 16.8 Å². The molecular weight excluding hydrogens is 353 g/mol. The lowest BCUT2D eigenvalue weighted by molar-refractivity contribution is 0.518. The molecule has 0 bridgehead atoms. The van der Waals surface area contributed by atoms with Crippen molar-refractivity contribution in [2.45, 2.75) is 6.92 Å². The molecule has 0 radical (unpaired) electrons. The normalized spacial score (nSPS) is 10.8. The smallest absolute Gasteiger partial charge is 0.347 e. The van der Waals surface area contributed by atoms with Crippen molar-refractivity contribution in [2.75, 3.05) is 0 Å². The van der Waals surface area contributed by atoms with Gasteiger partial charge in [-0.2, -0.15) is 0 Å². The molecule has 0 fully saturated rings. The van der Waals surface area contributed by atoms with Gasteiger partial charge in [0.2, 0.25) is 5.89 Å². The molecule has 4 heteroatoms. The third-order valence-electron chi connectivity index (χ3n) is 2.85. The van der Waals surface area contributed by atoms with Crippen LogP contribution in [0.5, 0.6) is 0 Å². The Kier molecular flexibility index (Phi) is 3.10. The zero-order valence-corrected chi connectivity index (χ0v) is 12.3. The average molecular weight is 363 g/mol. The van der Waals surface area contributed by atoms with Gasteiger partial charge < -0.3 is 4.42 Å². The average Bonchev–Trinajstić information content (AvgIpc) is 2.39. The molecular formula is C15H10INO2. The van der Waals surface area contributed by atoms with Gasteiger partial charge in [0.15, 0.2) is 0 Å². The number of halogens is 1. The molecule has 3 aromatic rings. The summed E-state index contributed by atoms with van der Waals surface area (Å²) in [5.74, 6) is 0.363. The Hall–Kier alpha value is -1.69. The van der Waals surface area contributed by atoms with Gasteiger partial charge in [0, 0.05) is 9.13 Å². The van der Waals surface area contributed by atoms with Crippen LogP contribution in [0.3, 0.4) is 0 Å². The van der Waals surface area contributed by atoms with Crippen LogP contribution in [-0.4, -0.2) is 4.98 Å². The predicted molar refractivity (Wildman–Crippen MR) is 83.2 cm³/mol. The summed E-state index contributed by atoms with van der Waals surface area (Å²) in [6.45, 7) is 1.99. The molecule has 0 N–H and O–H groups in total. The van der Waals surface area contributed by atoms with Gasteiger partial charge in [0.25, 0.3) is 0 Å². The minimum atomic E-state index is -0.347. The van der Waals surface area contributed by atoms with Gasteiger partial charge in [-0.3, -0.25) is 0 Å². The van der Waals surface area contributed by atoms with E-state index in [-0.39, 0.29) is 5.63 Å². The van der Waals surface area contributed by atoms with Crippen LogP contribution in [0.4, 0.5) is 0 Å². The van der Waals surface area contributed by atoms with Crippen LogP contribution in [0.15, 0.2) is 51.7 Å². The lowest BCUT2D eigenvalue weighted by Crippen LogP contribution is -2.03. The van der Waals surface area contributed by atoms with Crippen LogP contribution < -0.4 is 5.63 Å². The zero-order chi connectivity index (χ0) is 13.4. The van der Waals surface area contributed by atoms with Crippen LogP contribution >= 0.6 is 22.6 Å². The standard InChI is InChI=1S/C15H10INO2/c1-9-3-2-4-10(7-9)14-17-13-6-5-11(16)8-12(13)15(18)19-14/h2-8H,1H3. The number of hydrogen-bond acceptors (Lipinski definition) is 3. The largest absolute Gasteiger partial charge is 0.403 e. The highest BCUT2D eigenvalue weighted by molar-refractivity contribution is 14.1.